The lowest BCUT2D eigenvalue weighted by molar-refractivity contribution is 0.0691. The second-order valence-corrected chi connectivity index (χ2v) is 3.81. The molecule has 0 amide bonds. The van der Waals surface area contributed by atoms with Crippen molar-refractivity contribution in [2.45, 2.75) is 13.5 Å². The molecule has 94 valence electrons. The third kappa shape index (κ3) is 2.00. The number of aromatic nitrogens is 4. The van der Waals surface area contributed by atoms with E-state index in [2.05, 4.69) is 10.1 Å². The zero-order chi connectivity index (χ0) is 13.3. The summed E-state index contributed by atoms with van der Waals surface area (Å²) in [7, 11) is 0. The fraction of sp³-hybridized carbons (Fsp3) is 0.200. The summed E-state index contributed by atoms with van der Waals surface area (Å²) < 4.78 is 2.56. The van der Waals surface area contributed by atoms with E-state index in [9.17, 15) is 9.59 Å². The van der Waals surface area contributed by atoms with Crippen LogP contribution in [-0.2, 0) is 6.54 Å². The molecule has 0 atom stereocenters. The van der Waals surface area contributed by atoms with Gasteiger partial charge in [0.05, 0.1) is 11.9 Å². The molecule has 8 heteroatoms. The highest BCUT2D eigenvalue weighted by Gasteiger charge is 2.13. The molecule has 2 aromatic rings. The molecular formula is C10H9ClN4O3. The van der Waals surface area contributed by atoms with Gasteiger partial charge in [0.25, 0.3) is 5.56 Å². The topological polar surface area (TPSA) is 90.0 Å². The van der Waals surface area contributed by atoms with Gasteiger partial charge in [0.2, 0.25) is 0 Å². The zero-order valence-electron chi connectivity index (χ0n) is 9.37. The van der Waals surface area contributed by atoms with Gasteiger partial charge in [-0.25, -0.2) is 14.5 Å². The number of rotatable bonds is 3. The maximum Gasteiger partial charge on any atom is 0.356 e. The van der Waals surface area contributed by atoms with E-state index < -0.39 is 11.5 Å². The van der Waals surface area contributed by atoms with Crippen LogP contribution in [0.25, 0.3) is 5.69 Å². The Bertz CT molecular complexity index is 661. The first-order valence-electron chi connectivity index (χ1n) is 5.08. The molecule has 0 aromatic carbocycles. The van der Waals surface area contributed by atoms with Gasteiger partial charge in [0, 0.05) is 12.7 Å². The van der Waals surface area contributed by atoms with Crippen molar-refractivity contribution < 1.29 is 9.90 Å². The number of carboxylic acids is 1. The van der Waals surface area contributed by atoms with Gasteiger partial charge < -0.3 is 9.67 Å². The van der Waals surface area contributed by atoms with Crippen molar-refractivity contribution in [1.29, 1.82) is 0 Å². The normalized spacial score (nSPS) is 10.6. The van der Waals surface area contributed by atoms with Crippen molar-refractivity contribution in [3.63, 3.8) is 0 Å². The lowest BCUT2D eigenvalue weighted by atomic mass is 10.4. The Morgan fingerprint density at radius 2 is 2.28 bits per heavy atom. The first-order valence-corrected chi connectivity index (χ1v) is 5.45. The average molecular weight is 269 g/mol. The highest BCUT2D eigenvalue weighted by atomic mass is 35.5. The van der Waals surface area contributed by atoms with Crippen LogP contribution in [0.3, 0.4) is 0 Å². The number of carboxylic acid groups (broad SMARTS) is 1. The molecule has 0 unspecified atom stereocenters. The average Bonchev–Trinajstić information content (AvgIpc) is 2.82. The predicted octanol–water partition coefficient (Wildman–Crippen LogP) is 0.800. The number of imidazole rings is 1. The number of hydrogen-bond acceptors (Lipinski definition) is 4. The Kier molecular flexibility index (Phi) is 3.15. The summed E-state index contributed by atoms with van der Waals surface area (Å²) in [5.74, 6) is -1.15. The van der Waals surface area contributed by atoms with E-state index >= 15 is 0 Å². The minimum absolute atomic E-state index is 0.0267. The van der Waals surface area contributed by atoms with E-state index in [-0.39, 0.29) is 10.7 Å². The van der Waals surface area contributed by atoms with Gasteiger partial charge in [0.15, 0.2) is 5.69 Å². The first-order chi connectivity index (χ1) is 8.54. The molecule has 0 radical (unpaired) electrons. The smallest absolute Gasteiger partial charge is 0.356 e. The van der Waals surface area contributed by atoms with Crippen LogP contribution in [0, 0.1) is 0 Å². The zero-order valence-corrected chi connectivity index (χ0v) is 10.1. The second kappa shape index (κ2) is 4.61. The standard InChI is InChI=1S/C10H9ClN4O3/c1-2-15-9(16)8(11)7(3-13-15)14-4-6(10(17)18)12-5-14/h3-5H,2H2,1H3,(H,17,18). The summed E-state index contributed by atoms with van der Waals surface area (Å²) in [4.78, 5) is 26.1. The molecule has 7 nitrogen and oxygen atoms in total. The summed E-state index contributed by atoms with van der Waals surface area (Å²) in [5, 5.41) is 12.6. The monoisotopic (exact) mass is 268 g/mol. The third-order valence-corrected chi connectivity index (χ3v) is 2.70. The van der Waals surface area contributed by atoms with Crippen molar-refractivity contribution in [3.05, 3.63) is 39.8 Å². The molecule has 0 bridgehead atoms. The lowest BCUT2D eigenvalue weighted by Crippen LogP contribution is -2.23. The van der Waals surface area contributed by atoms with Gasteiger partial charge in [-0.2, -0.15) is 5.10 Å². The van der Waals surface area contributed by atoms with Crippen molar-refractivity contribution in [2.75, 3.05) is 0 Å². The Morgan fingerprint density at radius 3 is 2.83 bits per heavy atom. The summed E-state index contributed by atoms with van der Waals surface area (Å²) in [5.41, 5.74) is -0.264. The van der Waals surface area contributed by atoms with Crippen molar-refractivity contribution >= 4 is 17.6 Å². The molecule has 0 saturated heterocycles. The van der Waals surface area contributed by atoms with Crippen LogP contribution in [0.15, 0.2) is 23.5 Å². The molecule has 0 aliphatic heterocycles. The summed E-state index contributed by atoms with van der Waals surface area (Å²) in [6.45, 7) is 2.17. The number of carbonyl (C=O) groups is 1. The highest BCUT2D eigenvalue weighted by Crippen LogP contribution is 2.15. The van der Waals surface area contributed by atoms with E-state index in [1.165, 1.54) is 28.0 Å². The van der Waals surface area contributed by atoms with Crippen LogP contribution < -0.4 is 5.56 Å². The lowest BCUT2D eigenvalue weighted by Gasteiger charge is -2.06. The van der Waals surface area contributed by atoms with Crippen LogP contribution in [-0.4, -0.2) is 30.4 Å². The van der Waals surface area contributed by atoms with E-state index in [4.69, 9.17) is 16.7 Å². The van der Waals surface area contributed by atoms with Gasteiger partial charge in [0.1, 0.15) is 11.3 Å². The predicted molar refractivity (Wildman–Crippen MR) is 63.3 cm³/mol. The Morgan fingerprint density at radius 1 is 1.56 bits per heavy atom. The summed E-state index contributed by atoms with van der Waals surface area (Å²) in [6.07, 6.45) is 3.92. The Labute approximate surface area is 106 Å². The summed E-state index contributed by atoms with van der Waals surface area (Å²) >= 11 is 5.93. The SMILES string of the molecule is CCn1ncc(-n2cnc(C(=O)O)c2)c(Cl)c1=O. The maximum atomic E-state index is 11.8. The maximum absolute atomic E-state index is 11.8. The quantitative estimate of drug-likeness (QED) is 0.889. The van der Waals surface area contributed by atoms with Gasteiger partial charge in [-0.3, -0.25) is 4.79 Å². The molecule has 2 rings (SSSR count). The number of hydrogen-bond donors (Lipinski definition) is 1. The molecule has 0 saturated carbocycles. The van der Waals surface area contributed by atoms with Gasteiger partial charge >= 0.3 is 5.97 Å². The van der Waals surface area contributed by atoms with E-state index in [0.717, 1.165) is 0 Å². The van der Waals surface area contributed by atoms with Gasteiger partial charge in [-0.15, -0.1) is 0 Å². The molecule has 1 N–H and O–H groups in total. The van der Waals surface area contributed by atoms with E-state index in [1.807, 2.05) is 0 Å². The Hall–Kier alpha value is -2.15. The van der Waals surface area contributed by atoms with Crippen LogP contribution in [0.2, 0.25) is 5.02 Å². The number of aromatic carboxylic acids is 1. The van der Waals surface area contributed by atoms with Crippen LogP contribution in [0.5, 0.6) is 0 Å². The van der Waals surface area contributed by atoms with Crippen molar-refractivity contribution in [1.82, 2.24) is 19.3 Å². The van der Waals surface area contributed by atoms with E-state index in [0.29, 0.717) is 12.2 Å². The van der Waals surface area contributed by atoms with Crippen LogP contribution >= 0.6 is 11.6 Å². The molecule has 2 heterocycles. The third-order valence-electron chi connectivity index (χ3n) is 2.35. The number of aryl methyl sites for hydroxylation is 1. The minimum Gasteiger partial charge on any atom is -0.476 e. The fourth-order valence-corrected chi connectivity index (χ4v) is 1.67. The fourth-order valence-electron chi connectivity index (χ4n) is 1.43. The van der Waals surface area contributed by atoms with Crippen LogP contribution in [0.1, 0.15) is 17.4 Å². The molecule has 0 aliphatic rings. The molecule has 0 spiro atoms. The molecule has 0 aliphatic carbocycles. The number of halogens is 1. The van der Waals surface area contributed by atoms with Crippen molar-refractivity contribution in [2.24, 2.45) is 0 Å². The largest absolute Gasteiger partial charge is 0.476 e. The number of nitrogens with zero attached hydrogens (tertiary/aromatic N) is 4. The van der Waals surface area contributed by atoms with Crippen molar-refractivity contribution in [3.8, 4) is 5.69 Å². The van der Waals surface area contributed by atoms with Gasteiger partial charge in [-0.05, 0) is 6.92 Å². The minimum atomic E-state index is -1.15. The highest BCUT2D eigenvalue weighted by molar-refractivity contribution is 6.32. The summed E-state index contributed by atoms with van der Waals surface area (Å²) in [6, 6.07) is 0. The van der Waals surface area contributed by atoms with Crippen LogP contribution in [0.4, 0.5) is 0 Å². The first kappa shape index (κ1) is 12.3. The second-order valence-electron chi connectivity index (χ2n) is 3.44. The van der Waals surface area contributed by atoms with Gasteiger partial charge in [-0.1, -0.05) is 11.6 Å². The Balaban J connectivity index is 2.54. The molecule has 2 aromatic heterocycles. The molecule has 0 fully saturated rings. The molecule has 18 heavy (non-hydrogen) atoms. The molecular weight excluding hydrogens is 260 g/mol. The van der Waals surface area contributed by atoms with E-state index in [1.54, 1.807) is 6.92 Å².